The monoisotopic (exact) mass is 476 g/mol. The van der Waals surface area contributed by atoms with E-state index >= 15 is 0 Å². The van der Waals surface area contributed by atoms with Crippen LogP contribution in [0, 0.1) is 5.41 Å². The highest BCUT2D eigenvalue weighted by Crippen LogP contribution is 2.40. The molecule has 5 heteroatoms. The van der Waals surface area contributed by atoms with Crippen molar-refractivity contribution < 1.29 is 23.9 Å². The first kappa shape index (κ1) is 27.8. The predicted molar refractivity (Wildman–Crippen MR) is 139 cm³/mol. The van der Waals surface area contributed by atoms with E-state index in [-0.39, 0.29) is 17.8 Å². The van der Waals surface area contributed by atoms with E-state index in [1.165, 1.54) is 67.7 Å². The van der Waals surface area contributed by atoms with Gasteiger partial charge in [-0.1, -0.05) is 55.4 Å². The summed E-state index contributed by atoms with van der Waals surface area (Å²) in [5.74, 6) is -1.01. The Morgan fingerprint density at radius 3 is 2.31 bits per heavy atom. The van der Waals surface area contributed by atoms with Gasteiger partial charge in [0, 0.05) is 18.6 Å². The lowest BCUT2D eigenvalue weighted by molar-refractivity contribution is -0.136. The standard InChI is InChI=1S/C30H36O5/c1-21(12-17-27-23(3)11-8-18-30(27,5)6)9-7-10-22(2)19-29(33)34-20-28(32)25-13-15-26(16-14-25)35-24(4)31/h7,9-10,12-17,19H,8,11,18,20H2,1-6H3. The zero-order chi connectivity index (χ0) is 26.0. The van der Waals surface area contributed by atoms with E-state index in [1.54, 1.807) is 6.92 Å². The predicted octanol–water partition coefficient (Wildman–Crippen LogP) is 6.87. The van der Waals surface area contributed by atoms with Crippen molar-refractivity contribution in [3.8, 4) is 5.75 Å². The van der Waals surface area contributed by atoms with Gasteiger partial charge in [-0.15, -0.1) is 0 Å². The Bertz CT molecular complexity index is 1090. The first-order valence-corrected chi connectivity index (χ1v) is 11.9. The Kier molecular flexibility index (Phi) is 10.2. The van der Waals surface area contributed by atoms with Crippen LogP contribution in [0.25, 0.3) is 0 Å². The molecule has 1 aromatic carbocycles. The van der Waals surface area contributed by atoms with Crippen LogP contribution in [0.5, 0.6) is 5.75 Å². The van der Waals surface area contributed by atoms with E-state index in [2.05, 4.69) is 32.9 Å². The van der Waals surface area contributed by atoms with Gasteiger partial charge >= 0.3 is 11.9 Å². The van der Waals surface area contributed by atoms with Gasteiger partial charge in [0.05, 0.1) is 0 Å². The molecule has 1 aliphatic carbocycles. The van der Waals surface area contributed by atoms with Gasteiger partial charge in [-0.2, -0.15) is 0 Å². The van der Waals surface area contributed by atoms with Crippen LogP contribution in [0.2, 0.25) is 0 Å². The number of ketones is 1. The average Bonchev–Trinajstić information content (AvgIpc) is 2.76. The Labute approximate surface area is 208 Å². The van der Waals surface area contributed by atoms with E-state index < -0.39 is 11.9 Å². The van der Waals surface area contributed by atoms with Crippen LogP contribution < -0.4 is 4.74 Å². The third-order valence-corrected chi connectivity index (χ3v) is 5.90. The van der Waals surface area contributed by atoms with Crippen molar-refractivity contribution in [3.63, 3.8) is 0 Å². The maximum Gasteiger partial charge on any atom is 0.331 e. The third kappa shape index (κ3) is 9.36. The van der Waals surface area contributed by atoms with Crippen molar-refractivity contribution in [2.75, 3.05) is 6.61 Å². The minimum Gasteiger partial charge on any atom is -0.454 e. The molecular weight excluding hydrogens is 440 g/mol. The minimum absolute atomic E-state index is 0.212. The van der Waals surface area contributed by atoms with Crippen LogP contribution in [0.1, 0.15) is 71.2 Å². The molecule has 2 rings (SSSR count). The summed E-state index contributed by atoms with van der Waals surface area (Å²) < 4.78 is 10.0. The number of allylic oxidation sites excluding steroid dienone is 9. The summed E-state index contributed by atoms with van der Waals surface area (Å²) in [6.45, 7) is 11.6. The number of carbonyl (C=O) groups excluding carboxylic acids is 3. The van der Waals surface area contributed by atoms with E-state index in [0.29, 0.717) is 16.9 Å². The molecule has 0 unspecified atom stereocenters. The molecular formula is C30H36O5. The highest BCUT2D eigenvalue weighted by Gasteiger charge is 2.26. The number of Topliss-reactive ketones (excluding diaryl/α,β-unsaturated/α-hetero) is 1. The van der Waals surface area contributed by atoms with Crippen LogP contribution in [0.3, 0.4) is 0 Å². The van der Waals surface area contributed by atoms with Crippen molar-refractivity contribution >= 4 is 17.7 Å². The van der Waals surface area contributed by atoms with Gasteiger partial charge in [0.1, 0.15) is 5.75 Å². The molecule has 35 heavy (non-hydrogen) atoms. The molecule has 0 amide bonds. The summed E-state index contributed by atoms with van der Waals surface area (Å²) in [6.07, 6.45) is 15.1. The van der Waals surface area contributed by atoms with Gasteiger partial charge in [0.2, 0.25) is 0 Å². The molecule has 0 heterocycles. The highest BCUT2D eigenvalue weighted by atomic mass is 16.5. The van der Waals surface area contributed by atoms with Crippen LogP contribution in [-0.4, -0.2) is 24.3 Å². The second kappa shape index (κ2) is 12.8. The van der Waals surface area contributed by atoms with Gasteiger partial charge < -0.3 is 9.47 Å². The molecule has 0 saturated heterocycles. The zero-order valence-corrected chi connectivity index (χ0v) is 21.6. The van der Waals surface area contributed by atoms with Crippen LogP contribution in [0.4, 0.5) is 0 Å². The molecule has 0 radical (unpaired) electrons. The molecule has 0 aliphatic heterocycles. The average molecular weight is 477 g/mol. The normalized spacial score (nSPS) is 16.6. The smallest absolute Gasteiger partial charge is 0.331 e. The Morgan fingerprint density at radius 2 is 1.69 bits per heavy atom. The fraction of sp³-hybridized carbons (Fsp3) is 0.367. The Hall–Kier alpha value is -3.47. The van der Waals surface area contributed by atoms with Crippen molar-refractivity contribution in [3.05, 3.63) is 88.6 Å². The Morgan fingerprint density at radius 1 is 1.00 bits per heavy atom. The van der Waals surface area contributed by atoms with Crippen molar-refractivity contribution in [2.24, 2.45) is 5.41 Å². The highest BCUT2D eigenvalue weighted by molar-refractivity contribution is 5.98. The van der Waals surface area contributed by atoms with Crippen LogP contribution in [-0.2, 0) is 14.3 Å². The molecule has 0 aromatic heterocycles. The summed E-state index contributed by atoms with van der Waals surface area (Å²) in [5.41, 5.74) is 5.30. The summed E-state index contributed by atoms with van der Waals surface area (Å²) in [4.78, 5) is 35.2. The largest absolute Gasteiger partial charge is 0.454 e. The fourth-order valence-corrected chi connectivity index (χ4v) is 4.00. The van der Waals surface area contributed by atoms with E-state index in [1.807, 2.05) is 25.2 Å². The van der Waals surface area contributed by atoms with Gasteiger partial charge in [-0.05, 0) is 80.9 Å². The van der Waals surface area contributed by atoms with Gasteiger partial charge in [0.15, 0.2) is 12.4 Å². The summed E-state index contributed by atoms with van der Waals surface area (Å²) in [7, 11) is 0. The molecule has 0 atom stereocenters. The van der Waals surface area contributed by atoms with Crippen molar-refractivity contribution in [1.82, 2.24) is 0 Å². The van der Waals surface area contributed by atoms with Gasteiger partial charge in [0.25, 0.3) is 0 Å². The molecule has 0 spiro atoms. The first-order valence-electron chi connectivity index (χ1n) is 11.9. The molecule has 0 saturated carbocycles. The quantitative estimate of drug-likeness (QED) is 0.128. The SMILES string of the molecule is CC(=O)Oc1ccc(C(=O)COC(=O)C=C(C)C=CC=C(C)C=CC2=C(C)CCCC2(C)C)cc1. The van der Waals surface area contributed by atoms with Crippen LogP contribution in [0.15, 0.2) is 83.0 Å². The molecule has 0 fully saturated rings. The van der Waals surface area contributed by atoms with E-state index in [9.17, 15) is 14.4 Å². The zero-order valence-electron chi connectivity index (χ0n) is 21.6. The molecule has 1 aromatic rings. The lowest BCUT2D eigenvalue weighted by Crippen LogP contribution is -2.19. The summed E-state index contributed by atoms with van der Waals surface area (Å²) in [6, 6.07) is 6.08. The first-order chi connectivity index (χ1) is 16.5. The lowest BCUT2D eigenvalue weighted by atomic mass is 9.72. The lowest BCUT2D eigenvalue weighted by Gasteiger charge is -2.32. The van der Waals surface area contributed by atoms with Crippen molar-refractivity contribution in [2.45, 2.75) is 60.8 Å². The molecule has 0 N–H and O–H groups in total. The van der Waals surface area contributed by atoms with E-state index in [4.69, 9.17) is 9.47 Å². The molecule has 5 nitrogen and oxygen atoms in total. The molecule has 0 bridgehead atoms. The van der Waals surface area contributed by atoms with Gasteiger partial charge in [-0.25, -0.2) is 4.79 Å². The fourth-order valence-electron chi connectivity index (χ4n) is 4.00. The number of hydrogen-bond acceptors (Lipinski definition) is 5. The number of carbonyl (C=O) groups is 3. The maximum atomic E-state index is 12.2. The number of benzene rings is 1. The molecule has 1 aliphatic rings. The number of rotatable bonds is 9. The second-order valence-corrected chi connectivity index (χ2v) is 9.57. The van der Waals surface area contributed by atoms with E-state index in [0.717, 1.165) is 5.57 Å². The third-order valence-electron chi connectivity index (χ3n) is 5.90. The number of esters is 2. The maximum absolute atomic E-state index is 12.2. The minimum atomic E-state index is -0.584. The van der Waals surface area contributed by atoms with Gasteiger partial charge in [-0.3, -0.25) is 9.59 Å². The van der Waals surface area contributed by atoms with Crippen LogP contribution >= 0.6 is 0 Å². The Balaban J connectivity index is 1.87. The summed E-state index contributed by atoms with van der Waals surface area (Å²) >= 11 is 0. The number of hydrogen-bond donors (Lipinski definition) is 0. The molecule has 186 valence electrons. The second-order valence-electron chi connectivity index (χ2n) is 9.57. The summed E-state index contributed by atoms with van der Waals surface area (Å²) in [5, 5.41) is 0. The number of ether oxygens (including phenoxy) is 2. The topological polar surface area (TPSA) is 69.7 Å². The van der Waals surface area contributed by atoms with Crippen molar-refractivity contribution in [1.29, 1.82) is 0 Å².